The van der Waals surface area contributed by atoms with E-state index in [4.69, 9.17) is 25.4 Å². The average Bonchev–Trinajstić information content (AvgIpc) is 0.846. The van der Waals surface area contributed by atoms with Gasteiger partial charge in [0.15, 0.2) is 16.3 Å². The number of benzene rings is 5. The number of thiol groups is 1. The first kappa shape index (κ1) is 79.8. The largest absolute Gasteiger partial charge is 0.743 e. The highest BCUT2D eigenvalue weighted by molar-refractivity contribution is 7.86. The zero-order chi connectivity index (χ0) is 72.6. The summed E-state index contributed by atoms with van der Waals surface area (Å²) in [6, 6.07) is 28.8. The summed E-state index contributed by atoms with van der Waals surface area (Å²) in [6.45, 7) is 27.7. The number of halogens is 9. The van der Waals surface area contributed by atoms with Crippen molar-refractivity contribution in [3.8, 4) is 11.5 Å². The van der Waals surface area contributed by atoms with E-state index in [2.05, 4.69) is 58.1 Å². The molecule has 4 bridgehead atoms. The number of hydrogen-bond donors (Lipinski definition) is 5. The van der Waals surface area contributed by atoms with Gasteiger partial charge < -0.3 is 38.6 Å². The van der Waals surface area contributed by atoms with Crippen LogP contribution in [0.5, 0.6) is 11.5 Å². The first-order chi connectivity index (χ1) is 44.8. The molecule has 5 aliphatic rings. The van der Waals surface area contributed by atoms with Gasteiger partial charge in [0.2, 0.25) is 0 Å². The van der Waals surface area contributed by atoms with Crippen LogP contribution >= 0.6 is 12.8 Å². The van der Waals surface area contributed by atoms with Gasteiger partial charge in [0, 0.05) is 23.1 Å². The summed E-state index contributed by atoms with van der Waals surface area (Å²) in [4.78, 5) is 34.9. The van der Waals surface area contributed by atoms with E-state index in [1.165, 1.54) is 45.1 Å². The summed E-state index contributed by atoms with van der Waals surface area (Å²) < 4.78 is 172. The third-order valence-corrected chi connectivity index (χ3v) is 17.7. The molecule has 0 heterocycles. The summed E-state index contributed by atoms with van der Waals surface area (Å²) in [5, 5.41) is 24.2. The van der Waals surface area contributed by atoms with Crippen LogP contribution in [0.1, 0.15) is 143 Å². The Labute approximate surface area is 555 Å². The number of hydrogen-bond acceptors (Lipinski definition) is 14. The SMILES string of the molecule is C=C(C)C(=O)OC1(CC)C2CC3CC(C2)CC1C3.C=C(C)C(=O)OCCC(F)C(F)(F)S(=O)(=O)[O-].C=Cc1ccc(C(=O)OC2(CC)CCCC2)cc1.C=Cc1ccc(C(O)(C(F)(F)F)C(F)(F)F)cc1.C=Cc1ccc(O)cc1.C=Cc1ccc2cc(O)ccc2c1.[3H]SO. The molecule has 520 valence electrons. The maximum Gasteiger partial charge on any atom is 0.430 e. The molecule has 1 unspecified atom stereocenters. The highest BCUT2D eigenvalue weighted by Gasteiger charge is 2.71. The molecule has 0 amide bonds. The van der Waals surface area contributed by atoms with E-state index in [0.717, 1.165) is 90.0 Å². The van der Waals surface area contributed by atoms with Gasteiger partial charge in [0.25, 0.3) is 5.60 Å². The molecule has 10 rings (SSSR count). The van der Waals surface area contributed by atoms with Crippen LogP contribution in [0.15, 0.2) is 160 Å². The van der Waals surface area contributed by atoms with Crippen molar-refractivity contribution in [1.82, 2.24) is 0 Å². The molecule has 5 fully saturated rings. The van der Waals surface area contributed by atoms with Gasteiger partial charge in [-0.05, 0) is 196 Å². The summed E-state index contributed by atoms with van der Waals surface area (Å²) >= 11 is -0.000000000000000222. The predicted molar refractivity (Wildman–Crippen MR) is 352 cm³/mol. The fraction of sp³-hybridized carbons (Fsp3) is 0.394. The monoisotopic (exact) mass is 1380 g/mol. The number of aliphatic hydroxyl groups is 1. The third kappa shape index (κ3) is 22.2. The Bertz CT molecular complexity index is 3490. The number of rotatable bonds is 17. The van der Waals surface area contributed by atoms with Crippen LogP contribution in [0.3, 0.4) is 0 Å². The van der Waals surface area contributed by atoms with Crippen molar-refractivity contribution in [3.63, 3.8) is 0 Å². The predicted octanol–water partition coefficient (Wildman–Crippen LogP) is 18.1. The Morgan fingerprint density at radius 3 is 1.47 bits per heavy atom. The van der Waals surface area contributed by atoms with E-state index in [1.807, 2.05) is 54.6 Å². The van der Waals surface area contributed by atoms with Crippen molar-refractivity contribution in [2.45, 2.75) is 145 Å². The van der Waals surface area contributed by atoms with Crippen molar-refractivity contribution >= 4 is 75.9 Å². The summed E-state index contributed by atoms with van der Waals surface area (Å²) in [6.07, 6.45) is 3.27. The lowest BCUT2D eigenvalue weighted by Crippen LogP contribution is -2.59. The third-order valence-electron chi connectivity index (χ3n) is 16.8. The van der Waals surface area contributed by atoms with Crippen molar-refractivity contribution in [1.29, 1.82) is 1.12 Å². The molecule has 5 aromatic rings. The Morgan fingerprint density at radius 1 is 0.653 bits per heavy atom. The lowest BCUT2D eigenvalue weighted by molar-refractivity contribution is -0.376. The molecule has 24 heteroatoms. The highest BCUT2D eigenvalue weighted by Crippen LogP contribution is 2.61. The molecule has 0 aliphatic heterocycles. The van der Waals surface area contributed by atoms with Gasteiger partial charge in [-0.3, -0.25) is 0 Å². The zero-order valence-corrected chi connectivity index (χ0v) is 54.8. The number of aromatic hydroxyl groups is 2. The molecule has 1 atom stereocenters. The van der Waals surface area contributed by atoms with Gasteiger partial charge in [0.1, 0.15) is 23.8 Å². The van der Waals surface area contributed by atoms with Crippen LogP contribution in [0.4, 0.5) is 39.5 Å². The highest BCUT2D eigenvalue weighted by atomic mass is 32.2. The number of alkyl halides is 9. The van der Waals surface area contributed by atoms with Crippen LogP contribution < -0.4 is 0 Å². The average molecular weight is 1380 g/mol. The normalized spacial score (nSPS) is 19.3. The molecule has 13 nitrogen and oxygen atoms in total. The molecule has 5 aromatic carbocycles. The lowest BCUT2D eigenvalue weighted by atomic mass is 9.49. The van der Waals surface area contributed by atoms with Gasteiger partial charge in [0.05, 0.1) is 12.2 Å². The Morgan fingerprint density at radius 2 is 1.06 bits per heavy atom. The van der Waals surface area contributed by atoms with E-state index in [1.54, 1.807) is 55.5 Å². The van der Waals surface area contributed by atoms with E-state index in [0.29, 0.717) is 52.2 Å². The smallest absolute Gasteiger partial charge is 0.430 e. The zero-order valence-electron chi connectivity index (χ0n) is 54.2. The first-order valence-electron chi connectivity index (χ1n) is 30.5. The van der Waals surface area contributed by atoms with Gasteiger partial charge in [-0.2, -0.15) is 35.1 Å². The topological polar surface area (TPSA) is 217 Å². The molecular weight excluding hydrogens is 1300 g/mol. The molecule has 0 radical (unpaired) electrons. The summed E-state index contributed by atoms with van der Waals surface area (Å²) in [5.74, 6) is 2.35. The Hall–Kier alpha value is -7.64. The molecule has 0 aromatic heterocycles. The van der Waals surface area contributed by atoms with E-state index in [9.17, 15) is 72.0 Å². The minimum atomic E-state index is -6.08. The van der Waals surface area contributed by atoms with Crippen molar-refractivity contribution in [3.05, 3.63) is 193 Å². The first-order valence-corrected chi connectivity index (χ1v) is 31.9. The van der Waals surface area contributed by atoms with Gasteiger partial charge in [-0.1, -0.05) is 144 Å². The minimum absolute atomic E-state index is 0.000000000000000222. The van der Waals surface area contributed by atoms with Crippen LogP contribution in [0.2, 0.25) is 0 Å². The van der Waals surface area contributed by atoms with Crippen molar-refractivity contribution in [2.24, 2.45) is 23.7 Å². The summed E-state index contributed by atoms with van der Waals surface area (Å²) in [7, 11) is -6.08. The fourth-order valence-electron chi connectivity index (χ4n) is 11.7. The Kier molecular flexibility index (Phi) is 30.2. The van der Waals surface area contributed by atoms with E-state index < -0.39 is 64.1 Å². The molecule has 4 N–H and O–H groups in total. The molecule has 0 spiro atoms. The van der Waals surface area contributed by atoms with E-state index in [-0.39, 0.29) is 41.5 Å². The molecule has 5 aliphatic carbocycles. The number of carbonyl (C=O) groups is 3. The fourth-order valence-corrected chi connectivity index (χ4v) is 12.1. The van der Waals surface area contributed by atoms with Crippen LogP contribution in [0, 0.1) is 23.7 Å². The molecular formula is C71H82F9O13S2-. The van der Waals surface area contributed by atoms with Crippen molar-refractivity contribution < 1.29 is 101 Å². The number of ether oxygens (including phenoxy) is 3. The number of carbonyl (C=O) groups excluding carboxylic acids is 3. The maximum atomic E-state index is 12.8. The number of esters is 3. The standard InChI is InChI=1S/C16H24O2.C16H20O2.C12H10O.C11H8F6O.C8H11F3O5S.C8H8O.H2OS/c1-4-16(18-15(17)10(2)3)13-6-11-5-12(8-13)9-14(16)7-11;1-3-13-7-9-14(10-8-13)15(17)18-16(4-2)11-5-6-12-16;1-2-9-3-4-11-8-12(13)6-5-10(11)7-9;1-2-7-3-5-8(6-4-7)9(18,10(12,13)14)11(15,16)17;1-5(2)7(12)16-4-3-6(9)8(10,11)17(13,14)15;1-2-7-3-5-8(9)6-4-7;1-2/h11-14H,2,4-9H2,1,3H3;3,7-10H,1,4-6,11-12H2,2H3;2-8,13H,1H2;2-6,18H,1H2;6H,1,3-4H2,2H3,(H,13,14,15);2-6,9H,1H2;1-2H/p-1/i/hT. The van der Waals surface area contributed by atoms with Gasteiger partial charge in [-0.15, -0.1) is 0 Å². The lowest BCUT2D eigenvalue weighted by Gasteiger charge is -2.60. The number of fused-ring (bicyclic) bond motifs is 1. The number of phenols is 2. The van der Waals surface area contributed by atoms with Crippen LogP contribution in [-0.4, -0.2) is 93.5 Å². The van der Waals surface area contributed by atoms with Crippen LogP contribution in [-0.2, 0) is 39.5 Å². The van der Waals surface area contributed by atoms with Crippen LogP contribution in [0.25, 0.3) is 35.1 Å². The van der Waals surface area contributed by atoms with Gasteiger partial charge in [-0.25, -0.2) is 27.2 Å². The van der Waals surface area contributed by atoms with E-state index >= 15 is 0 Å². The summed E-state index contributed by atoms with van der Waals surface area (Å²) in [5.41, 5.74) is -1.93. The second-order valence-electron chi connectivity index (χ2n) is 23.3. The molecule has 95 heavy (non-hydrogen) atoms. The minimum Gasteiger partial charge on any atom is -0.743 e. The maximum absolute atomic E-state index is 12.8. The van der Waals surface area contributed by atoms with Gasteiger partial charge >= 0.3 is 35.5 Å². The quantitative estimate of drug-likeness (QED) is 0.0111. The second kappa shape index (κ2) is 35.9. The van der Waals surface area contributed by atoms with Crippen molar-refractivity contribution in [2.75, 3.05) is 6.61 Å². The second-order valence-corrected chi connectivity index (χ2v) is 24.7. The molecule has 0 saturated heterocycles. The Balaban J connectivity index is 0.000000301. The number of phenolic OH excluding ortho intramolecular Hbond substituents is 2. The molecule has 5 saturated carbocycles.